The van der Waals surface area contributed by atoms with Crippen molar-refractivity contribution >= 4 is 40.4 Å². The Kier molecular flexibility index (Phi) is 11.0. The monoisotopic (exact) mass is 645 g/mol. The molecule has 1 unspecified atom stereocenters. The summed E-state index contributed by atoms with van der Waals surface area (Å²) in [5.41, 5.74) is -4.59. The Bertz CT molecular complexity index is 1220. The normalized spacial score (nSPS) is 13.6. The molecule has 2 aromatic rings. The Balaban J connectivity index is 2.09. The van der Waals surface area contributed by atoms with Crippen LogP contribution in [0.3, 0.4) is 0 Å². The summed E-state index contributed by atoms with van der Waals surface area (Å²) in [7, 11) is -9.44. The molecule has 2 rings (SSSR count). The Morgan fingerprint density at radius 3 is 2.20 bits per heavy atom. The van der Waals surface area contributed by atoms with Crippen LogP contribution in [0, 0.1) is 26.3 Å². The van der Waals surface area contributed by atoms with Gasteiger partial charge >= 0.3 is 207 Å². The zero-order chi connectivity index (χ0) is 26.1. The predicted molar refractivity (Wildman–Crippen MR) is 137 cm³/mol. The van der Waals surface area contributed by atoms with Gasteiger partial charge in [0, 0.05) is 0 Å². The standard InChI is InChI=1S/C23H27F3INO5S2/c1-3-8-20(9-7-18-28-34(29,30)22-14-12-19(2)13-15-22)16-17-27(21-10-5-4-6-11-21)33-35(31,32)23(24,25)26/h4-6,10-15,20,28H,3,7-9,18H2,1-2H3. The molecular formula is C23H27F3INO5S2. The SMILES string of the molecule is CCCC(C#CI(OS(=O)(=O)C(F)(F)F)c1ccccc1)CCCNS(=O)(=O)c1ccc(C)cc1. The molecule has 0 aromatic heterocycles. The summed E-state index contributed by atoms with van der Waals surface area (Å²) in [6, 6.07) is 14.3. The summed E-state index contributed by atoms with van der Waals surface area (Å²) < 4.78 is 96.8. The Hall–Kier alpha value is -1.66. The van der Waals surface area contributed by atoms with Crippen molar-refractivity contribution in [2.75, 3.05) is 6.54 Å². The molecule has 1 atom stereocenters. The first-order valence-corrected chi connectivity index (χ1v) is 16.6. The van der Waals surface area contributed by atoms with E-state index < -0.39 is 45.9 Å². The fourth-order valence-electron chi connectivity index (χ4n) is 2.87. The average Bonchev–Trinajstić information content (AvgIpc) is 2.79. The molecule has 2 aromatic carbocycles. The summed E-state index contributed by atoms with van der Waals surface area (Å²) in [5.74, 6) is 2.67. The molecule has 0 aliphatic heterocycles. The topological polar surface area (TPSA) is 89.5 Å². The van der Waals surface area contributed by atoms with E-state index in [0.29, 0.717) is 22.8 Å². The molecule has 0 heterocycles. The first-order valence-electron chi connectivity index (χ1n) is 10.7. The van der Waals surface area contributed by atoms with E-state index >= 15 is 0 Å². The van der Waals surface area contributed by atoms with Gasteiger partial charge in [0.2, 0.25) is 0 Å². The van der Waals surface area contributed by atoms with Gasteiger partial charge in [-0.2, -0.15) is 0 Å². The molecule has 0 radical (unpaired) electrons. The number of hydrogen-bond acceptors (Lipinski definition) is 5. The molecule has 0 spiro atoms. The molecule has 0 aliphatic rings. The van der Waals surface area contributed by atoms with E-state index in [0.717, 1.165) is 12.0 Å². The molecule has 0 fully saturated rings. The van der Waals surface area contributed by atoms with E-state index in [1.165, 1.54) is 24.3 Å². The minimum atomic E-state index is -5.78. The third-order valence-corrected chi connectivity index (χ3v) is 12.2. The number of alkyl halides is 3. The van der Waals surface area contributed by atoms with Gasteiger partial charge in [0.1, 0.15) is 0 Å². The summed E-state index contributed by atoms with van der Waals surface area (Å²) in [6.07, 6.45) is 2.31. The summed E-state index contributed by atoms with van der Waals surface area (Å²) in [6.45, 7) is 3.94. The van der Waals surface area contributed by atoms with Crippen molar-refractivity contribution < 1.29 is 32.5 Å². The summed E-state index contributed by atoms with van der Waals surface area (Å²) in [5, 5.41) is 0. The van der Waals surface area contributed by atoms with Crippen LogP contribution in [0.5, 0.6) is 0 Å². The van der Waals surface area contributed by atoms with Crippen molar-refractivity contribution in [3.05, 3.63) is 63.7 Å². The van der Waals surface area contributed by atoms with Crippen LogP contribution in [0.2, 0.25) is 0 Å². The molecule has 12 heteroatoms. The maximum absolute atomic E-state index is 12.9. The van der Waals surface area contributed by atoms with Gasteiger partial charge in [-0.1, -0.05) is 0 Å². The molecule has 0 aliphatic carbocycles. The van der Waals surface area contributed by atoms with Crippen LogP contribution in [0.1, 0.15) is 38.2 Å². The molecule has 0 bridgehead atoms. The predicted octanol–water partition coefficient (Wildman–Crippen LogP) is 5.59. The summed E-state index contributed by atoms with van der Waals surface area (Å²) in [4.78, 5) is 0.161. The van der Waals surface area contributed by atoms with E-state index in [1.54, 1.807) is 30.3 Å². The third-order valence-electron chi connectivity index (χ3n) is 4.70. The minimum absolute atomic E-state index is 0.161. The second-order valence-electron chi connectivity index (χ2n) is 7.58. The van der Waals surface area contributed by atoms with E-state index in [4.69, 9.17) is 0 Å². The zero-order valence-electron chi connectivity index (χ0n) is 19.2. The second-order valence-corrected chi connectivity index (χ2v) is 15.1. The van der Waals surface area contributed by atoms with E-state index in [2.05, 4.69) is 17.1 Å². The number of aryl methyl sites for hydroxylation is 1. The quantitative estimate of drug-likeness (QED) is 0.149. The summed E-state index contributed by atoms with van der Waals surface area (Å²) >= 11 is -3.51. The van der Waals surface area contributed by atoms with Crippen LogP contribution in [0.15, 0.2) is 59.5 Å². The molecule has 35 heavy (non-hydrogen) atoms. The number of halogens is 4. The fraction of sp³-hybridized carbons (Fsp3) is 0.391. The van der Waals surface area contributed by atoms with Gasteiger partial charge < -0.3 is 0 Å². The van der Waals surface area contributed by atoms with Gasteiger partial charge in [0.05, 0.1) is 0 Å². The Morgan fingerprint density at radius 2 is 1.63 bits per heavy atom. The van der Waals surface area contributed by atoms with Gasteiger partial charge in [-0.3, -0.25) is 0 Å². The maximum atomic E-state index is 12.9. The van der Waals surface area contributed by atoms with Crippen LogP contribution in [-0.4, -0.2) is 28.9 Å². The zero-order valence-corrected chi connectivity index (χ0v) is 23.0. The number of nitrogens with one attached hydrogen (secondary N) is 1. The van der Waals surface area contributed by atoms with Crippen LogP contribution >= 0.6 is 20.2 Å². The van der Waals surface area contributed by atoms with E-state index in [9.17, 15) is 30.0 Å². The molecule has 0 saturated heterocycles. The van der Waals surface area contributed by atoms with Gasteiger partial charge in [0.25, 0.3) is 0 Å². The first kappa shape index (κ1) is 29.6. The molecule has 0 amide bonds. The van der Waals surface area contributed by atoms with Crippen LogP contribution < -0.4 is 4.72 Å². The van der Waals surface area contributed by atoms with Crippen LogP contribution in [0.4, 0.5) is 13.2 Å². The van der Waals surface area contributed by atoms with Gasteiger partial charge in [0.15, 0.2) is 0 Å². The van der Waals surface area contributed by atoms with Crippen LogP contribution in [0.25, 0.3) is 0 Å². The molecule has 1 N–H and O–H groups in total. The number of sulfonamides is 1. The van der Waals surface area contributed by atoms with Crippen molar-refractivity contribution in [1.82, 2.24) is 4.72 Å². The number of hydrogen-bond donors (Lipinski definition) is 1. The molecule has 6 nitrogen and oxygen atoms in total. The van der Waals surface area contributed by atoms with Crippen LogP contribution in [-0.2, 0) is 22.7 Å². The average molecular weight is 646 g/mol. The molecule has 194 valence electrons. The van der Waals surface area contributed by atoms with Crippen molar-refractivity contribution in [2.45, 2.75) is 49.9 Å². The van der Waals surface area contributed by atoms with E-state index in [1.807, 2.05) is 13.8 Å². The molecule has 0 saturated carbocycles. The van der Waals surface area contributed by atoms with E-state index in [-0.39, 0.29) is 17.4 Å². The molecular weight excluding hydrogens is 618 g/mol. The van der Waals surface area contributed by atoms with Gasteiger partial charge in [-0.25, -0.2) is 0 Å². The van der Waals surface area contributed by atoms with Crippen molar-refractivity contribution in [1.29, 1.82) is 0 Å². The first-order chi connectivity index (χ1) is 16.4. The Morgan fingerprint density at radius 1 is 1.00 bits per heavy atom. The number of rotatable bonds is 11. The fourth-order valence-corrected chi connectivity index (χ4v) is 9.32. The van der Waals surface area contributed by atoms with Crippen molar-refractivity contribution in [3.8, 4) is 9.85 Å². The third kappa shape index (κ3) is 9.38. The van der Waals surface area contributed by atoms with Crippen molar-refractivity contribution in [2.24, 2.45) is 5.92 Å². The van der Waals surface area contributed by atoms with Crippen molar-refractivity contribution in [3.63, 3.8) is 0 Å². The number of benzene rings is 2. The Labute approximate surface area is 212 Å². The van der Waals surface area contributed by atoms with Gasteiger partial charge in [-0.05, 0) is 6.92 Å². The second kappa shape index (κ2) is 13.0. The van der Waals surface area contributed by atoms with Gasteiger partial charge in [-0.15, -0.1) is 0 Å².